The van der Waals surface area contributed by atoms with Crippen LogP contribution in [0.5, 0.6) is 0 Å². The van der Waals surface area contributed by atoms with Crippen molar-refractivity contribution >= 4 is 23.8 Å². The molecule has 0 saturated heterocycles. The Morgan fingerprint density at radius 1 is 1.32 bits per heavy atom. The average molecular weight is 421 g/mol. The Morgan fingerprint density at radius 2 is 2.10 bits per heavy atom. The zero-order valence-electron chi connectivity index (χ0n) is 17.5. The third kappa shape index (κ3) is 4.16. The number of halogens is 1. The van der Waals surface area contributed by atoms with Crippen LogP contribution in [0.2, 0.25) is 0 Å². The lowest BCUT2D eigenvalue weighted by molar-refractivity contribution is 0.102. The summed E-state index contributed by atoms with van der Waals surface area (Å²) in [6.07, 6.45) is 7.36. The van der Waals surface area contributed by atoms with E-state index in [0.29, 0.717) is 34.6 Å². The molecule has 4 rings (SSSR count). The Bertz CT molecular complexity index is 1120. The van der Waals surface area contributed by atoms with Crippen LogP contribution < -0.4 is 10.2 Å². The van der Waals surface area contributed by atoms with E-state index in [1.54, 1.807) is 32.4 Å². The molecule has 1 fully saturated rings. The predicted molar refractivity (Wildman–Crippen MR) is 117 cm³/mol. The van der Waals surface area contributed by atoms with Gasteiger partial charge < -0.3 is 14.8 Å². The van der Waals surface area contributed by atoms with Crippen molar-refractivity contribution < 1.29 is 9.18 Å². The summed E-state index contributed by atoms with van der Waals surface area (Å²) in [6.45, 7) is 1.73. The molecule has 1 aliphatic rings. The Labute approximate surface area is 179 Å². The molecule has 160 valence electrons. The number of hydrogen-bond acceptors (Lipinski definition) is 5. The number of nitrogens with one attached hydrogen (secondary N) is 2. The average Bonchev–Trinajstić information content (AvgIpc) is 3.45. The summed E-state index contributed by atoms with van der Waals surface area (Å²) < 4.78 is 16.5. The van der Waals surface area contributed by atoms with Gasteiger partial charge in [-0.05, 0) is 49.6 Å². The summed E-state index contributed by atoms with van der Waals surface area (Å²) in [4.78, 5) is 18.8. The molecular formula is C22H24FN7O. The maximum Gasteiger partial charge on any atom is 0.259 e. The second-order valence-electron chi connectivity index (χ2n) is 7.72. The van der Waals surface area contributed by atoms with E-state index < -0.39 is 11.7 Å². The van der Waals surface area contributed by atoms with Gasteiger partial charge in [-0.2, -0.15) is 0 Å². The van der Waals surface area contributed by atoms with Gasteiger partial charge in [-0.25, -0.2) is 9.37 Å². The minimum Gasteiger partial charge on any atom is -0.336 e. The molecule has 1 aliphatic carbocycles. The standard InChI is InChI=1S/C22H24FN7O/c1-14-10-17(23)16(11-19(14)29(2)12-24)22(31)27-20-9-5-8-18(26-20)21-28-25-13-30(21)15-6-3-4-7-15/h5,8-13,15,24H,3-4,6-7H2,1-2H3,(H,26,27,31). The zero-order valence-corrected chi connectivity index (χ0v) is 17.5. The highest BCUT2D eigenvalue weighted by molar-refractivity contribution is 6.05. The predicted octanol–water partition coefficient (Wildman–Crippen LogP) is 4.20. The molecule has 8 nitrogen and oxygen atoms in total. The number of nitrogens with zero attached hydrogens (tertiary/aromatic N) is 5. The molecule has 2 heterocycles. The van der Waals surface area contributed by atoms with Crippen molar-refractivity contribution in [1.82, 2.24) is 19.7 Å². The van der Waals surface area contributed by atoms with Crippen LogP contribution in [0, 0.1) is 18.2 Å². The van der Waals surface area contributed by atoms with Crippen LogP contribution in [0.1, 0.15) is 47.6 Å². The van der Waals surface area contributed by atoms with Crippen LogP contribution in [-0.2, 0) is 0 Å². The second-order valence-corrected chi connectivity index (χ2v) is 7.72. The molecule has 0 atom stereocenters. The molecule has 0 aliphatic heterocycles. The third-order valence-electron chi connectivity index (χ3n) is 5.61. The van der Waals surface area contributed by atoms with Crippen molar-refractivity contribution in [2.45, 2.75) is 38.6 Å². The molecule has 0 unspecified atom stereocenters. The van der Waals surface area contributed by atoms with Crippen molar-refractivity contribution in [3.63, 3.8) is 0 Å². The number of aryl methyl sites for hydroxylation is 1. The van der Waals surface area contributed by atoms with E-state index in [4.69, 9.17) is 5.41 Å². The lowest BCUT2D eigenvalue weighted by atomic mass is 10.1. The van der Waals surface area contributed by atoms with Crippen molar-refractivity contribution in [2.75, 3.05) is 17.3 Å². The van der Waals surface area contributed by atoms with Gasteiger partial charge in [0.15, 0.2) is 5.82 Å². The van der Waals surface area contributed by atoms with E-state index in [1.165, 1.54) is 29.9 Å². The molecule has 0 spiro atoms. The normalized spacial score (nSPS) is 13.9. The van der Waals surface area contributed by atoms with Crippen molar-refractivity contribution in [1.29, 1.82) is 5.41 Å². The van der Waals surface area contributed by atoms with Gasteiger partial charge in [-0.3, -0.25) is 10.2 Å². The van der Waals surface area contributed by atoms with Gasteiger partial charge in [0.25, 0.3) is 5.91 Å². The molecule has 1 aromatic carbocycles. The highest BCUT2D eigenvalue weighted by Crippen LogP contribution is 2.32. The quantitative estimate of drug-likeness (QED) is 0.459. The highest BCUT2D eigenvalue weighted by Gasteiger charge is 2.22. The molecule has 0 bridgehead atoms. The van der Waals surface area contributed by atoms with E-state index in [2.05, 4.69) is 20.5 Å². The maximum absolute atomic E-state index is 14.5. The summed E-state index contributed by atoms with van der Waals surface area (Å²) >= 11 is 0. The van der Waals surface area contributed by atoms with Crippen molar-refractivity contribution in [3.05, 3.63) is 53.6 Å². The molecule has 0 radical (unpaired) electrons. The first-order valence-corrected chi connectivity index (χ1v) is 10.2. The fourth-order valence-corrected chi connectivity index (χ4v) is 3.97. The summed E-state index contributed by atoms with van der Waals surface area (Å²) in [7, 11) is 1.67. The first kappa shape index (κ1) is 20.6. The lowest BCUT2D eigenvalue weighted by Gasteiger charge is -2.17. The van der Waals surface area contributed by atoms with E-state index in [0.717, 1.165) is 19.2 Å². The van der Waals surface area contributed by atoms with E-state index in [-0.39, 0.29) is 5.56 Å². The van der Waals surface area contributed by atoms with Crippen LogP contribution >= 0.6 is 0 Å². The van der Waals surface area contributed by atoms with Crippen LogP contribution in [0.4, 0.5) is 15.9 Å². The largest absolute Gasteiger partial charge is 0.336 e. The maximum atomic E-state index is 14.5. The van der Waals surface area contributed by atoms with E-state index in [9.17, 15) is 9.18 Å². The van der Waals surface area contributed by atoms with E-state index >= 15 is 0 Å². The van der Waals surface area contributed by atoms with E-state index in [1.807, 2.05) is 10.6 Å². The molecular weight excluding hydrogens is 397 g/mol. The fraction of sp³-hybridized carbons (Fsp3) is 0.318. The van der Waals surface area contributed by atoms with Crippen LogP contribution in [0.15, 0.2) is 36.7 Å². The van der Waals surface area contributed by atoms with Crippen molar-refractivity contribution in [2.24, 2.45) is 0 Å². The number of carbonyl (C=O) groups is 1. The second kappa shape index (κ2) is 8.63. The number of pyridine rings is 1. The van der Waals surface area contributed by atoms with Crippen molar-refractivity contribution in [3.8, 4) is 11.5 Å². The summed E-state index contributed by atoms with van der Waals surface area (Å²) in [5, 5.41) is 18.4. The number of aromatic nitrogens is 4. The topological polar surface area (TPSA) is 99.8 Å². The van der Waals surface area contributed by atoms with Crippen LogP contribution in [0.25, 0.3) is 11.5 Å². The molecule has 3 aromatic rings. The smallest absolute Gasteiger partial charge is 0.259 e. The zero-order chi connectivity index (χ0) is 22.0. The Balaban J connectivity index is 1.60. The molecule has 2 N–H and O–H groups in total. The van der Waals surface area contributed by atoms with Crippen LogP contribution in [-0.4, -0.2) is 39.0 Å². The monoisotopic (exact) mass is 421 g/mol. The van der Waals surface area contributed by atoms with Gasteiger partial charge in [0.2, 0.25) is 0 Å². The molecule has 2 aromatic heterocycles. The highest BCUT2D eigenvalue weighted by atomic mass is 19.1. The van der Waals surface area contributed by atoms with Crippen LogP contribution in [0.3, 0.4) is 0 Å². The number of benzene rings is 1. The number of amides is 1. The summed E-state index contributed by atoms with van der Waals surface area (Å²) in [5.41, 5.74) is 1.69. The Kier molecular flexibility index (Phi) is 5.75. The lowest BCUT2D eigenvalue weighted by Crippen LogP contribution is -2.19. The van der Waals surface area contributed by atoms with Gasteiger partial charge in [0.1, 0.15) is 23.7 Å². The Hall–Kier alpha value is -3.62. The molecule has 31 heavy (non-hydrogen) atoms. The molecule has 9 heteroatoms. The molecule has 1 saturated carbocycles. The summed E-state index contributed by atoms with van der Waals surface area (Å²) in [5.74, 6) is -0.293. The van der Waals surface area contributed by atoms with Gasteiger partial charge in [-0.15, -0.1) is 10.2 Å². The van der Waals surface area contributed by atoms with Gasteiger partial charge in [0, 0.05) is 18.8 Å². The summed E-state index contributed by atoms with van der Waals surface area (Å²) in [6, 6.07) is 8.31. The van der Waals surface area contributed by atoms with Gasteiger partial charge >= 0.3 is 0 Å². The van der Waals surface area contributed by atoms with Gasteiger partial charge in [-0.1, -0.05) is 18.9 Å². The molecule has 1 amide bonds. The first-order valence-electron chi connectivity index (χ1n) is 10.2. The number of rotatable bonds is 6. The first-order chi connectivity index (χ1) is 15.0. The van der Waals surface area contributed by atoms with Gasteiger partial charge in [0.05, 0.1) is 11.9 Å². The number of carbonyl (C=O) groups excluding carboxylic acids is 1. The fourth-order valence-electron chi connectivity index (χ4n) is 3.97. The third-order valence-corrected chi connectivity index (χ3v) is 5.61. The Morgan fingerprint density at radius 3 is 2.84 bits per heavy atom. The minimum atomic E-state index is -0.630. The minimum absolute atomic E-state index is 0.115. The number of hydrogen-bond donors (Lipinski definition) is 2. The number of anilines is 2. The SMILES string of the molecule is Cc1cc(F)c(C(=O)Nc2cccc(-c3nncn3C3CCCC3)n2)cc1N(C)C=N.